The normalized spacial score (nSPS) is 17.2. The lowest BCUT2D eigenvalue weighted by Gasteiger charge is -2.23. The van der Waals surface area contributed by atoms with Crippen LogP contribution < -0.4 is 0 Å². The Morgan fingerprint density at radius 2 is 1.75 bits per heavy atom. The zero-order chi connectivity index (χ0) is 23.5. The van der Waals surface area contributed by atoms with Crippen LogP contribution >= 0.6 is 11.8 Å². The maximum atomic E-state index is 12.6. The molecule has 2 N–H and O–H groups in total. The first-order valence-corrected chi connectivity index (χ1v) is 11.8. The summed E-state index contributed by atoms with van der Waals surface area (Å²) in [5.74, 6) is 1.05. The van der Waals surface area contributed by atoms with Gasteiger partial charge >= 0.3 is 12.0 Å². The Kier molecular flexibility index (Phi) is 7.64. The highest BCUT2D eigenvalue weighted by atomic mass is 32.2. The van der Waals surface area contributed by atoms with Crippen molar-refractivity contribution in [3.05, 3.63) is 58.0 Å². The largest absolute Gasteiger partial charge is 0.511 e. The Labute approximate surface area is 190 Å². The molecule has 8 heteroatoms. The Morgan fingerprint density at radius 1 is 1.09 bits per heavy atom. The van der Waals surface area contributed by atoms with Gasteiger partial charge in [0.25, 0.3) is 0 Å². The minimum atomic E-state index is -4.50. The summed E-state index contributed by atoms with van der Waals surface area (Å²) >= 11 is 1.32. The van der Waals surface area contributed by atoms with E-state index in [1.54, 1.807) is 0 Å². The first kappa shape index (κ1) is 24.3. The summed E-state index contributed by atoms with van der Waals surface area (Å²) in [7, 11) is 0. The third kappa shape index (κ3) is 5.52. The van der Waals surface area contributed by atoms with E-state index in [4.69, 9.17) is 0 Å². The molecule has 0 radical (unpaired) electrons. The predicted molar refractivity (Wildman–Crippen MR) is 122 cm³/mol. The smallest absolute Gasteiger partial charge is 0.435 e. The molecule has 1 heterocycles. The minimum absolute atomic E-state index is 0.0502. The predicted octanol–water partition coefficient (Wildman–Crippen LogP) is 6.34. The van der Waals surface area contributed by atoms with Gasteiger partial charge < -0.3 is 5.11 Å². The molecule has 3 rings (SSSR count). The van der Waals surface area contributed by atoms with E-state index < -0.39 is 11.9 Å². The molecule has 1 aromatic heterocycles. The number of hydrogen-bond acceptors (Lipinski definition) is 4. The molecule has 0 fully saturated rings. The average Bonchev–Trinajstić information content (AvgIpc) is 2.73. The number of hydrogen-bond donors (Lipinski definition) is 1. The van der Waals surface area contributed by atoms with Crippen LogP contribution in [0.1, 0.15) is 61.1 Å². The Bertz CT molecular complexity index is 992. The maximum Gasteiger partial charge on any atom is 0.435 e. The second-order valence-electron chi connectivity index (χ2n) is 8.10. The van der Waals surface area contributed by atoms with Crippen LogP contribution in [0, 0.1) is 12.8 Å². The first-order valence-electron chi connectivity index (χ1n) is 10.8. The number of alkyl halides is 3. The summed E-state index contributed by atoms with van der Waals surface area (Å²) in [5.41, 5.74) is 3.90. The van der Waals surface area contributed by atoms with Gasteiger partial charge in [-0.05, 0) is 61.1 Å². The van der Waals surface area contributed by atoms with Crippen molar-refractivity contribution >= 4 is 23.1 Å². The molecule has 2 aromatic rings. The number of rotatable bonds is 7. The van der Waals surface area contributed by atoms with Gasteiger partial charge in [-0.1, -0.05) is 31.5 Å². The molecule has 172 valence electrons. The van der Waals surface area contributed by atoms with E-state index in [1.807, 2.05) is 0 Å². The van der Waals surface area contributed by atoms with E-state index in [-0.39, 0.29) is 17.5 Å². The van der Waals surface area contributed by atoms with E-state index in [2.05, 4.69) is 43.1 Å². The summed E-state index contributed by atoms with van der Waals surface area (Å²) < 4.78 is 37.8. The summed E-state index contributed by atoms with van der Waals surface area (Å²) in [5, 5.41) is 18.1. The van der Waals surface area contributed by atoms with Gasteiger partial charge in [0.15, 0.2) is 5.69 Å². The van der Waals surface area contributed by atoms with Crippen molar-refractivity contribution in [1.29, 1.82) is 0 Å². The molecule has 4 nitrogen and oxygen atoms in total. The number of aromatic nitrogens is 2. The molecule has 0 amide bonds. The summed E-state index contributed by atoms with van der Waals surface area (Å²) in [4.78, 5) is 10.9. The van der Waals surface area contributed by atoms with E-state index in [9.17, 15) is 23.1 Å². The molecular weight excluding hydrogens is 437 g/mol. The number of carbonyl (C=O) groups excluding carboxylic acids is 1. The van der Waals surface area contributed by atoms with E-state index in [0.29, 0.717) is 35.6 Å². The van der Waals surface area contributed by atoms with E-state index in [0.717, 1.165) is 35.6 Å². The number of aryl methyl sites for hydroxylation is 3. The van der Waals surface area contributed by atoms with E-state index >= 15 is 0 Å². The number of aliphatic hydroxyl groups is 1. The molecule has 1 aromatic carbocycles. The molecule has 0 saturated carbocycles. The fourth-order valence-corrected chi connectivity index (χ4v) is 5.10. The number of benzene rings is 1. The maximum absolute atomic E-state index is 12.6. The molecular formula is C24H28F3N2O2S+. The van der Waals surface area contributed by atoms with Crippen molar-refractivity contribution in [2.24, 2.45) is 5.92 Å². The lowest BCUT2D eigenvalue weighted by Crippen LogP contribution is -2.21. The highest BCUT2D eigenvalue weighted by Gasteiger charge is 2.35. The Hall–Kier alpha value is -2.35. The number of aliphatic hydroxyl groups excluding tert-OH is 1. The van der Waals surface area contributed by atoms with Crippen LogP contribution in [0.15, 0.2) is 35.1 Å². The standard InChI is InChI=1S/C24H27F3N2O2S/c1-4-16-10-14(3)11-17(5-2)22(16)23-18(30)12-15(13-19(23)31)8-9-32-21-7-6-20(28-29-21)24(25,26)27/h6-7,10-11,15,30H,4-5,8-9,12-13H2,1-3H3/p+1. The molecule has 1 unspecified atom stereocenters. The van der Waals surface area contributed by atoms with Crippen LogP contribution in [-0.4, -0.2) is 31.6 Å². The fourth-order valence-electron chi connectivity index (χ4n) is 4.18. The second-order valence-corrected chi connectivity index (χ2v) is 9.21. The molecule has 1 aliphatic rings. The van der Waals surface area contributed by atoms with Crippen molar-refractivity contribution in [3.8, 4) is 0 Å². The SMILES string of the molecule is CCc1cc(C)cc(CC)c1C1=C(O)CC(CCSc2ccc(C(F)(F)F)nn2)CC1=[OH+]. The number of thioether (sulfide) groups is 1. The number of nitrogens with zero attached hydrogens (tertiary/aromatic N) is 2. The molecule has 0 spiro atoms. The lowest BCUT2D eigenvalue weighted by atomic mass is 9.79. The van der Waals surface area contributed by atoms with Gasteiger partial charge in [-0.25, -0.2) is 0 Å². The summed E-state index contributed by atoms with van der Waals surface area (Å²) in [6.07, 6.45) is -1.29. The zero-order valence-corrected chi connectivity index (χ0v) is 19.3. The third-order valence-electron chi connectivity index (χ3n) is 5.71. The van der Waals surface area contributed by atoms with Gasteiger partial charge in [-0.2, -0.15) is 13.2 Å². The average molecular weight is 466 g/mol. The van der Waals surface area contributed by atoms with Crippen LogP contribution in [0.4, 0.5) is 13.2 Å². The Balaban J connectivity index is 1.69. The molecule has 0 saturated heterocycles. The van der Waals surface area contributed by atoms with Crippen LogP contribution in [0.2, 0.25) is 0 Å². The number of allylic oxidation sites excluding steroid dienone is 2. The van der Waals surface area contributed by atoms with Crippen molar-refractivity contribution in [2.75, 3.05) is 5.75 Å². The van der Waals surface area contributed by atoms with Crippen LogP contribution in [0.25, 0.3) is 5.57 Å². The van der Waals surface area contributed by atoms with Crippen LogP contribution in [0.5, 0.6) is 0 Å². The van der Waals surface area contributed by atoms with Gasteiger partial charge in [0.05, 0.1) is 6.42 Å². The Morgan fingerprint density at radius 3 is 2.25 bits per heavy atom. The number of halogens is 3. The molecule has 1 atom stereocenters. The summed E-state index contributed by atoms with van der Waals surface area (Å²) in [6.45, 7) is 6.19. The van der Waals surface area contributed by atoms with Crippen LogP contribution in [-0.2, 0) is 19.0 Å². The van der Waals surface area contributed by atoms with Gasteiger partial charge in [0.1, 0.15) is 16.4 Å². The first-order chi connectivity index (χ1) is 15.1. The fraction of sp³-hybridized carbons (Fsp3) is 0.458. The van der Waals surface area contributed by atoms with Gasteiger partial charge in [-0.15, -0.1) is 22.0 Å². The topological polar surface area (TPSA) is 67.4 Å². The minimum Gasteiger partial charge on any atom is -0.511 e. The third-order valence-corrected chi connectivity index (χ3v) is 6.66. The quantitative estimate of drug-likeness (QED) is 0.383. The van der Waals surface area contributed by atoms with Gasteiger partial charge in [0, 0.05) is 12.0 Å². The van der Waals surface area contributed by atoms with E-state index in [1.165, 1.54) is 23.4 Å². The monoisotopic (exact) mass is 465 g/mol. The summed E-state index contributed by atoms with van der Waals surface area (Å²) in [6, 6.07) is 6.46. The molecule has 1 aliphatic carbocycles. The van der Waals surface area contributed by atoms with Crippen molar-refractivity contribution in [1.82, 2.24) is 10.2 Å². The van der Waals surface area contributed by atoms with Crippen molar-refractivity contribution in [2.45, 2.75) is 64.1 Å². The lowest BCUT2D eigenvalue weighted by molar-refractivity contribution is -0.141. The highest BCUT2D eigenvalue weighted by Crippen LogP contribution is 2.38. The van der Waals surface area contributed by atoms with Crippen LogP contribution in [0.3, 0.4) is 0 Å². The van der Waals surface area contributed by atoms with Crippen molar-refractivity contribution in [3.63, 3.8) is 0 Å². The molecule has 0 bridgehead atoms. The van der Waals surface area contributed by atoms with Crippen molar-refractivity contribution < 1.29 is 23.1 Å². The second kappa shape index (κ2) is 10.1. The molecule has 32 heavy (non-hydrogen) atoms. The molecule has 0 aliphatic heterocycles. The number of ketones is 1. The van der Waals surface area contributed by atoms with Gasteiger partial charge in [0.2, 0.25) is 0 Å². The zero-order valence-electron chi connectivity index (χ0n) is 18.5. The highest BCUT2D eigenvalue weighted by molar-refractivity contribution is 7.99. The van der Waals surface area contributed by atoms with Gasteiger partial charge in [-0.3, -0.25) is 4.79 Å².